The largest absolute Gasteiger partial charge is 0.324 e. The maximum absolute atomic E-state index is 12.5. The van der Waals surface area contributed by atoms with Gasteiger partial charge in [0.1, 0.15) is 0 Å². The number of rotatable bonds is 3. The molecule has 1 amide bonds. The average molecular weight is 274 g/mol. The van der Waals surface area contributed by atoms with Crippen LogP contribution in [0.1, 0.15) is 50.7 Å². The SMILES string of the molecule is Cc1cccc(C(C)C)c1NC(=O)C1NCCCC1C. The average Bonchev–Trinajstić information content (AvgIpc) is 2.41. The van der Waals surface area contributed by atoms with Crippen LogP contribution in [0, 0.1) is 12.8 Å². The summed E-state index contributed by atoms with van der Waals surface area (Å²) in [5.41, 5.74) is 3.34. The Hall–Kier alpha value is -1.35. The lowest BCUT2D eigenvalue weighted by atomic mass is 9.91. The molecule has 0 spiro atoms. The van der Waals surface area contributed by atoms with Gasteiger partial charge in [0.15, 0.2) is 0 Å². The smallest absolute Gasteiger partial charge is 0.241 e. The fourth-order valence-corrected chi connectivity index (χ4v) is 2.94. The monoisotopic (exact) mass is 274 g/mol. The Bertz CT molecular complexity index is 482. The number of piperidine rings is 1. The lowest BCUT2D eigenvalue weighted by molar-refractivity contribution is -0.119. The molecule has 2 unspecified atom stereocenters. The topological polar surface area (TPSA) is 41.1 Å². The van der Waals surface area contributed by atoms with Crippen LogP contribution in [0.15, 0.2) is 18.2 Å². The quantitative estimate of drug-likeness (QED) is 0.886. The number of hydrogen-bond acceptors (Lipinski definition) is 2. The Morgan fingerprint density at radius 2 is 2.15 bits per heavy atom. The van der Waals surface area contributed by atoms with Crippen LogP contribution >= 0.6 is 0 Å². The lowest BCUT2D eigenvalue weighted by Crippen LogP contribution is -2.48. The molecule has 0 bridgehead atoms. The first kappa shape index (κ1) is 15.0. The zero-order chi connectivity index (χ0) is 14.7. The maximum atomic E-state index is 12.5. The summed E-state index contributed by atoms with van der Waals surface area (Å²) in [6.07, 6.45) is 2.28. The molecule has 1 fully saturated rings. The van der Waals surface area contributed by atoms with Gasteiger partial charge >= 0.3 is 0 Å². The second kappa shape index (κ2) is 6.40. The number of benzene rings is 1. The van der Waals surface area contributed by atoms with E-state index in [0.717, 1.165) is 30.6 Å². The van der Waals surface area contributed by atoms with Crippen molar-refractivity contribution in [3.8, 4) is 0 Å². The second-order valence-electron chi connectivity index (χ2n) is 6.23. The molecule has 0 radical (unpaired) electrons. The van der Waals surface area contributed by atoms with Crippen molar-refractivity contribution in [2.24, 2.45) is 5.92 Å². The Balaban J connectivity index is 2.19. The van der Waals surface area contributed by atoms with Gasteiger partial charge in [-0.05, 0) is 49.3 Å². The van der Waals surface area contributed by atoms with Crippen molar-refractivity contribution in [1.82, 2.24) is 5.32 Å². The Kier molecular flexibility index (Phi) is 4.81. The Labute approximate surface area is 122 Å². The molecule has 2 atom stereocenters. The molecule has 2 rings (SSSR count). The van der Waals surface area contributed by atoms with E-state index in [0.29, 0.717) is 11.8 Å². The fourth-order valence-electron chi connectivity index (χ4n) is 2.94. The van der Waals surface area contributed by atoms with Gasteiger partial charge in [0.2, 0.25) is 5.91 Å². The molecule has 1 saturated heterocycles. The number of anilines is 1. The minimum Gasteiger partial charge on any atom is -0.324 e. The van der Waals surface area contributed by atoms with E-state index in [1.165, 1.54) is 5.56 Å². The van der Waals surface area contributed by atoms with Gasteiger partial charge in [0.05, 0.1) is 6.04 Å². The van der Waals surface area contributed by atoms with Gasteiger partial charge in [0, 0.05) is 5.69 Å². The minimum atomic E-state index is -0.0663. The van der Waals surface area contributed by atoms with Crippen molar-refractivity contribution >= 4 is 11.6 Å². The molecule has 0 saturated carbocycles. The molecule has 0 aliphatic carbocycles. The van der Waals surface area contributed by atoms with E-state index < -0.39 is 0 Å². The van der Waals surface area contributed by atoms with Crippen LogP contribution in [-0.4, -0.2) is 18.5 Å². The number of nitrogens with one attached hydrogen (secondary N) is 2. The predicted octanol–water partition coefficient (Wildman–Crippen LogP) is 3.45. The van der Waals surface area contributed by atoms with Gasteiger partial charge in [0.25, 0.3) is 0 Å². The van der Waals surface area contributed by atoms with E-state index in [-0.39, 0.29) is 11.9 Å². The fraction of sp³-hybridized carbons (Fsp3) is 0.588. The molecule has 1 aliphatic rings. The molecular weight excluding hydrogens is 248 g/mol. The van der Waals surface area contributed by atoms with E-state index >= 15 is 0 Å². The number of carbonyl (C=O) groups excluding carboxylic acids is 1. The number of hydrogen-bond donors (Lipinski definition) is 2. The van der Waals surface area contributed by atoms with Crippen LogP contribution in [0.25, 0.3) is 0 Å². The first-order valence-electron chi connectivity index (χ1n) is 7.64. The van der Waals surface area contributed by atoms with Crippen molar-refractivity contribution < 1.29 is 4.79 Å². The predicted molar refractivity (Wildman–Crippen MR) is 84.1 cm³/mol. The van der Waals surface area contributed by atoms with Crippen LogP contribution in [0.4, 0.5) is 5.69 Å². The van der Waals surface area contributed by atoms with Gasteiger partial charge in [-0.25, -0.2) is 0 Å². The molecule has 1 aromatic carbocycles. The molecular formula is C17H26N2O. The highest BCUT2D eigenvalue weighted by molar-refractivity contribution is 5.96. The van der Waals surface area contributed by atoms with Crippen LogP contribution in [-0.2, 0) is 4.79 Å². The third-order valence-corrected chi connectivity index (χ3v) is 4.23. The van der Waals surface area contributed by atoms with Gasteiger partial charge in [-0.3, -0.25) is 4.79 Å². The highest BCUT2D eigenvalue weighted by Crippen LogP contribution is 2.28. The van der Waals surface area contributed by atoms with Gasteiger partial charge < -0.3 is 10.6 Å². The molecule has 2 N–H and O–H groups in total. The molecule has 3 nitrogen and oxygen atoms in total. The van der Waals surface area contributed by atoms with E-state index in [9.17, 15) is 4.79 Å². The standard InChI is InChI=1S/C17H26N2O/c1-11(2)14-9-5-7-12(3)15(14)19-17(20)16-13(4)8-6-10-18-16/h5,7,9,11,13,16,18H,6,8,10H2,1-4H3,(H,19,20). The maximum Gasteiger partial charge on any atom is 0.241 e. The molecule has 1 heterocycles. The highest BCUT2D eigenvalue weighted by Gasteiger charge is 2.28. The van der Waals surface area contributed by atoms with Gasteiger partial charge in [-0.15, -0.1) is 0 Å². The molecule has 0 aromatic heterocycles. The Morgan fingerprint density at radius 3 is 2.80 bits per heavy atom. The van der Waals surface area contributed by atoms with Gasteiger partial charge in [-0.1, -0.05) is 39.0 Å². The number of carbonyl (C=O) groups is 1. The molecule has 1 aromatic rings. The van der Waals surface area contributed by atoms with Crippen molar-refractivity contribution in [3.63, 3.8) is 0 Å². The zero-order valence-electron chi connectivity index (χ0n) is 13.0. The minimum absolute atomic E-state index is 0.0663. The molecule has 20 heavy (non-hydrogen) atoms. The normalized spacial score (nSPS) is 22.9. The number of para-hydroxylation sites is 1. The molecule has 3 heteroatoms. The molecule has 110 valence electrons. The summed E-state index contributed by atoms with van der Waals surface area (Å²) >= 11 is 0. The summed E-state index contributed by atoms with van der Waals surface area (Å²) in [5, 5.41) is 6.50. The summed E-state index contributed by atoms with van der Waals surface area (Å²) in [5.74, 6) is 0.908. The van der Waals surface area contributed by atoms with Crippen molar-refractivity contribution in [3.05, 3.63) is 29.3 Å². The summed E-state index contributed by atoms with van der Waals surface area (Å²) in [7, 11) is 0. The van der Waals surface area contributed by atoms with Crippen LogP contribution in [0.2, 0.25) is 0 Å². The summed E-state index contributed by atoms with van der Waals surface area (Å²) < 4.78 is 0. The first-order chi connectivity index (χ1) is 9.50. The first-order valence-corrected chi connectivity index (χ1v) is 7.64. The van der Waals surface area contributed by atoms with E-state index in [2.05, 4.69) is 56.5 Å². The summed E-state index contributed by atoms with van der Waals surface area (Å²) in [6, 6.07) is 6.15. The number of aryl methyl sites for hydroxylation is 1. The Morgan fingerprint density at radius 1 is 1.40 bits per heavy atom. The van der Waals surface area contributed by atoms with Crippen LogP contribution in [0.5, 0.6) is 0 Å². The van der Waals surface area contributed by atoms with Crippen molar-refractivity contribution in [2.75, 3.05) is 11.9 Å². The van der Waals surface area contributed by atoms with Crippen LogP contribution < -0.4 is 10.6 Å². The van der Waals surface area contributed by atoms with Crippen LogP contribution in [0.3, 0.4) is 0 Å². The van der Waals surface area contributed by atoms with E-state index in [1.807, 2.05) is 0 Å². The highest BCUT2D eigenvalue weighted by atomic mass is 16.2. The van der Waals surface area contributed by atoms with E-state index in [4.69, 9.17) is 0 Å². The van der Waals surface area contributed by atoms with Crippen molar-refractivity contribution in [1.29, 1.82) is 0 Å². The molecule has 1 aliphatic heterocycles. The summed E-state index contributed by atoms with van der Waals surface area (Å²) in [4.78, 5) is 12.5. The third kappa shape index (κ3) is 3.21. The lowest BCUT2D eigenvalue weighted by Gasteiger charge is -2.29. The second-order valence-corrected chi connectivity index (χ2v) is 6.23. The third-order valence-electron chi connectivity index (χ3n) is 4.23. The number of amides is 1. The van der Waals surface area contributed by atoms with Gasteiger partial charge in [-0.2, -0.15) is 0 Å². The van der Waals surface area contributed by atoms with Crippen molar-refractivity contribution in [2.45, 2.75) is 52.5 Å². The zero-order valence-corrected chi connectivity index (χ0v) is 13.0. The summed E-state index contributed by atoms with van der Waals surface area (Å²) in [6.45, 7) is 9.46. The van der Waals surface area contributed by atoms with E-state index in [1.54, 1.807) is 0 Å².